The molecule has 0 radical (unpaired) electrons. The van der Waals surface area contributed by atoms with E-state index in [1.165, 1.54) is 53.5 Å². The van der Waals surface area contributed by atoms with Crippen molar-refractivity contribution in [3.05, 3.63) is 77.5 Å². The van der Waals surface area contributed by atoms with Crippen LogP contribution in [0.25, 0.3) is 10.9 Å². The van der Waals surface area contributed by atoms with Gasteiger partial charge in [0, 0.05) is 40.9 Å². The second-order valence-electron chi connectivity index (χ2n) is 8.21. The molecule has 0 N–H and O–H groups in total. The molecule has 4 heteroatoms. The van der Waals surface area contributed by atoms with Gasteiger partial charge in [-0.05, 0) is 61.9 Å². The van der Waals surface area contributed by atoms with Crippen LogP contribution in [0.3, 0.4) is 0 Å². The Kier molecular flexibility index (Phi) is 6.05. The molecule has 154 valence electrons. The van der Waals surface area contributed by atoms with Gasteiger partial charge in [0.15, 0.2) is 5.75 Å². The molecule has 0 saturated carbocycles. The van der Waals surface area contributed by atoms with Crippen LogP contribution in [0.15, 0.2) is 71.3 Å². The first kappa shape index (κ1) is 19.7. The Hall–Kier alpha value is -2.30. The maximum atomic E-state index is 6.24. The van der Waals surface area contributed by atoms with E-state index in [1.807, 2.05) is 24.0 Å². The largest absolute Gasteiger partial charge is 0.475 e. The van der Waals surface area contributed by atoms with Gasteiger partial charge in [-0.1, -0.05) is 35.9 Å². The number of allylic oxidation sites excluding steroid dienone is 1. The highest BCUT2D eigenvalue weighted by Gasteiger charge is 2.22. The van der Waals surface area contributed by atoms with Crippen LogP contribution in [0.4, 0.5) is 0 Å². The van der Waals surface area contributed by atoms with Crippen LogP contribution in [-0.4, -0.2) is 23.2 Å². The number of hydrogen-bond acceptors (Lipinski definition) is 4. The smallest absolute Gasteiger partial charge is 0.152 e. The normalized spacial score (nSPS) is 16.7. The van der Waals surface area contributed by atoms with Gasteiger partial charge in [0.05, 0.1) is 0 Å². The summed E-state index contributed by atoms with van der Waals surface area (Å²) in [6.45, 7) is 2.67. The first-order valence-electron chi connectivity index (χ1n) is 11.0. The van der Waals surface area contributed by atoms with Crippen molar-refractivity contribution >= 4 is 22.7 Å². The minimum atomic E-state index is 0.657. The Labute approximate surface area is 183 Å². The molecule has 1 aliphatic heterocycles. The number of pyridine rings is 1. The van der Waals surface area contributed by atoms with Gasteiger partial charge in [-0.3, -0.25) is 9.88 Å². The molecular formula is C26H28N2OS. The predicted octanol–water partition coefficient (Wildman–Crippen LogP) is 6.57. The topological polar surface area (TPSA) is 25.4 Å². The molecule has 5 rings (SSSR count). The number of benzene rings is 2. The van der Waals surface area contributed by atoms with Crippen LogP contribution in [0.2, 0.25) is 0 Å². The predicted molar refractivity (Wildman–Crippen MR) is 125 cm³/mol. The van der Waals surface area contributed by atoms with Crippen molar-refractivity contribution in [3.8, 4) is 5.75 Å². The molecule has 0 fully saturated rings. The summed E-state index contributed by atoms with van der Waals surface area (Å²) < 4.78 is 6.24. The minimum absolute atomic E-state index is 0.657. The average molecular weight is 417 g/mol. The molecule has 2 aliphatic rings. The van der Waals surface area contributed by atoms with Gasteiger partial charge >= 0.3 is 0 Å². The SMILES string of the molecule is C1=C(CCN2COc3c(cc(CSc4ccccc4)c4cccnc34)C2)CCCC1. The van der Waals surface area contributed by atoms with Crippen LogP contribution in [0, 0.1) is 0 Å². The zero-order valence-electron chi connectivity index (χ0n) is 17.3. The van der Waals surface area contributed by atoms with Gasteiger partial charge in [-0.2, -0.15) is 0 Å². The quantitative estimate of drug-likeness (QED) is 0.335. The van der Waals surface area contributed by atoms with E-state index in [0.717, 1.165) is 30.1 Å². The first-order valence-corrected chi connectivity index (χ1v) is 12.0. The third-order valence-electron chi connectivity index (χ3n) is 6.07. The summed E-state index contributed by atoms with van der Waals surface area (Å²) in [6, 6.07) is 17.2. The van der Waals surface area contributed by atoms with E-state index in [-0.39, 0.29) is 0 Å². The summed E-state index contributed by atoms with van der Waals surface area (Å²) >= 11 is 1.88. The highest BCUT2D eigenvalue weighted by molar-refractivity contribution is 7.98. The van der Waals surface area contributed by atoms with Crippen LogP contribution in [0.1, 0.15) is 43.2 Å². The number of nitrogens with zero attached hydrogens (tertiary/aromatic N) is 2. The van der Waals surface area contributed by atoms with Gasteiger partial charge in [0.25, 0.3) is 0 Å². The molecule has 1 aliphatic carbocycles. The van der Waals surface area contributed by atoms with Crippen LogP contribution in [0.5, 0.6) is 5.75 Å². The van der Waals surface area contributed by atoms with Gasteiger partial charge in [-0.25, -0.2) is 0 Å². The fourth-order valence-electron chi connectivity index (χ4n) is 4.45. The molecule has 0 spiro atoms. The second kappa shape index (κ2) is 9.23. The molecule has 0 amide bonds. The van der Waals surface area contributed by atoms with Crippen molar-refractivity contribution in [1.82, 2.24) is 9.88 Å². The van der Waals surface area contributed by atoms with Gasteiger partial charge in [0.1, 0.15) is 12.2 Å². The number of rotatable bonds is 6. The molecule has 0 atom stereocenters. The molecule has 0 unspecified atom stereocenters. The third-order valence-corrected chi connectivity index (χ3v) is 7.13. The summed E-state index contributed by atoms with van der Waals surface area (Å²) in [5.74, 6) is 1.92. The van der Waals surface area contributed by atoms with Gasteiger partial charge < -0.3 is 4.74 Å². The maximum Gasteiger partial charge on any atom is 0.152 e. The molecular weight excluding hydrogens is 388 g/mol. The van der Waals surface area contributed by atoms with Crippen molar-refractivity contribution in [2.24, 2.45) is 0 Å². The average Bonchev–Trinajstić information content (AvgIpc) is 2.82. The number of ether oxygens (including phenoxy) is 1. The molecule has 30 heavy (non-hydrogen) atoms. The van der Waals surface area contributed by atoms with E-state index >= 15 is 0 Å². The third kappa shape index (κ3) is 4.40. The Morgan fingerprint density at radius 1 is 1.07 bits per heavy atom. The second-order valence-corrected chi connectivity index (χ2v) is 9.26. The van der Waals surface area contributed by atoms with Crippen molar-refractivity contribution < 1.29 is 4.74 Å². The Balaban J connectivity index is 1.36. The molecule has 1 aromatic heterocycles. The lowest BCUT2D eigenvalue weighted by atomic mass is 9.97. The number of aromatic nitrogens is 1. The van der Waals surface area contributed by atoms with Crippen molar-refractivity contribution in [1.29, 1.82) is 0 Å². The lowest BCUT2D eigenvalue weighted by Crippen LogP contribution is -2.33. The minimum Gasteiger partial charge on any atom is -0.475 e. The highest BCUT2D eigenvalue weighted by Crippen LogP contribution is 2.37. The summed E-state index contributed by atoms with van der Waals surface area (Å²) in [4.78, 5) is 8.42. The molecule has 0 saturated heterocycles. The molecule has 2 aromatic carbocycles. The lowest BCUT2D eigenvalue weighted by molar-refractivity contribution is 0.0977. The van der Waals surface area contributed by atoms with E-state index in [4.69, 9.17) is 9.72 Å². The molecule has 3 aromatic rings. The van der Waals surface area contributed by atoms with Crippen molar-refractivity contribution in [2.75, 3.05) is 13.3 Å². The summed E-state index contributed by atoms with van der Waals surface area (Å²) in [6.07, 6.45) is 10.7. The van der Waals surface area contributed by atoms with Crippen molar-refractivity contribution in [2.45, 2.75) is 49.3 Å². The highest BCUT2D eigenvalue weighted by atomic mass is 32.2. The molecule has 0 bridgehead atoms. The fraction of sp³-hybridized carbons (Fsp3) is 0.346. The first-order chi connectivity index (χ1) is 14.9. The maximum absolute atomic E-state index is 6.24. The van der Waals surface area contributed by atoms with Crippen LogP contribution >= 0.6 is 11.8 Å². The zero-order chi connectivity index (χ0) is 20.2. The standard InChI is InChI=1S/C26H28N2OS/c1-3-8-20(9-4-1)13-15-28-17-21-16-22(18-30-23-10-5-2-6-11-23)24-12-7-14-27-25(24)26(21)29-19-28/h2,5-8,10-12,14,16H,1,3-4,9,13,15,17-19H2. The lowest BCUT2D eigenvalue weighted by Gasteiger charge is -2.30. The summed E-state index contributed by atoms with van der Waals surface area (Å²) in [7, 11) is 0. The zero-order valence-corrected chi connectivity index (χ0v) is 18.2. The van der Waals surface area contributed by atoms with Gasteiger partial charge in [-0.15, -0.1) is 11.8 Å². The van der Waals surface area contributed by atoms with E-state index in [1.54, 1.807) is 5.57 Å². The molecule has 2 heterocycles. The Morgan fingerprint density at radius 2 is 2.00 bits per heavy atom. The molecule has 3 nitrogen and oxygen atoms in total. The van der Waals surface area contributed by atoms with Gasteiger partial charge in [0.2, 0.25) is 0 Å². The number of thioether (sulfide) groups is 1. The number of fused-ring (bicyclic) bond motifs is 3. The van der Waals surface area contributed by atoms with E-state index in [0.29, 0.717) is 6.73 Å². The van der Waals surface area contributed by atoms with Crippen LogP contribution < -0.4 is 4.74 Å². The number of hydrogen-bond donors (Lipinski definition) is 0. The monoisotopic (exact) mass is 416 g/mol. The van der Waals surface area contributed by atoms with Crippen LogP contribution in [-0.2, 0) is 12.3 Å². The van der Waals surface area contributed by atoms with E-state index < -0.39 is 0 Å². The Morgan fingerprint density at radius 3 is 2.87 bits per heavy atom. The van der Waals surface area contributed by atoms with Crippen molar-refractivity contribution in [3.63, 3.8) is 0 Å². The summed E-state index contributed by atoms with van der Waals surface area (Å²) in [5.41, 5.74) is 5.25. The Bertz CT molecular complexity index is 1050. The van der Waals surface area contributed by atoms with E-state index in [9.17, 15) is 0 Å². The summed E-state index contributed by atoms with van der Waals surface area (Å²) in [5, 5.41) is 1.21. The fourth-order valence-corrected chi connectivity index (χ4v) is 5.36. The van der Waals surface area contributed by atoms with E-state index in [2.05, 4.69) is 53.4 Å².